The highest BCUT2D eigenvalue weighted by atomic mass is 32.2. The molecule has 2 amide bonds. The number of piperidine rings is 1. The molecule has 32 heavy (non-hydrogen) atoms. The molecule has 0 bridgehead atoms. The van der Waals surface area contributed by atoms with E-state index in [9.17, 15) is 22.4 Å². The maximum atomic E-state index is 13.1. The van der Waals surface area contributed by atoms with Crippen molar-refractivity contribution in [1.82, 2.24) is 14.5 Å². The fourth-order valence-corrected chi connectivity index (χ4v) is 6.60. The van der Waals surface area contributed by atoms with E-state index >= 15 is 0 Å². The van der Waals surface area contributed by atoms with Crippen LogP contribution in [0.15, 0.2) is 40.6 Å². The minimum absolute atomic E-state index is 0.00584. The Labute approximate surface area is 191 Å². The summed E-state index contributed by atoms with van der Waals surface area (Å²) in [6.45, 7) is 1.93. The van der Waals surface area contributed by atoms with Crippen LogP contribution in [-0.2, 0) is 32.6 Å². The van der Waals surface area contributed by atoms with Crippen LogP contribution in [0.25, 0.3) is 0 Å². The molecule has 172 valence electrons. The second-order valence-corrected chi connectivity index (χ2v) is 11.1. The number of rotatable bonds is 6. The lowest BCUT2D eigenvalue weighted by molar-refractivity contribution is -0.132. The molecular weight excluding hydrogens is 453 g/mol. The number of halogens is 1. The Bertz CT molecular complexity index is 1080. The van der Waals surface area contributed by atoms with Gasteiger partial charge < -0.3 is 10.2 Å². The van der Waals surface area contributed by atoms with Crippen molar-refractivity contribution in [3.63, 3.8) is 0 Å². The van der Waals surface area contributed by atoms with Crippen molar-refractivity contribution in [2.45, 2.75) is 37.1 Å². The summed E-state index contributed by atoms with van der Waals surface area (Å²) in [5.41, 5.74) is 1.20. The Morgan fingerprint density at radius 2 is 1.94 bits per heavy atom. The number of hydrogen-bond acceptors (Lipinski definition) is 5. The van der Waals surface area contributed by atoms with Gasteiger partial charge in [0.15, 0.2) is 0 Å². The van der Waals surface area contributed by atoms with Crippen LogP contribution < -0.4 is 5.32 Å². The molecule has 10 heteroatoms. The topological polar surface area (TPSA) is 86.8 Å². The molecule has 2 aliphatic heterocycles. The lowest BCUT2D eigenvalue weighted by Crippen LogP contribution is -2.46. The summed E-state index contributed by atoms with van der Waals surface area (Å²) in [5, 5.41) is 4.84. The van der Waals surface area contributed by atoms with Gasteiger partial charge in [-0.05, 0) is 60.5 Å². The van der Waals surface area contributed by atoms with Crippen molar-refractivity contribution in [1.29, 1.82) is 0 Å². The summed E-state index contributed by atoms with van der Waals surface area (Å²) in [5.74, 6) is -1.21. The summed E-state index contributed by atoms with van der Waals surface area (Å²) < 4.78 is 40.1. The van der Waals surface area contributed by atoms with Gasteiger partial charge in [-0.2, -0.15) is 4.31 Å². The zero-order valence-electron chi connectivity index (χ0n) is 17.6. The van der Waals surface area contributed by atoms with Crippen molar-refractivity contribution in [2.75, 3.05) is 26.2 Å². The molecule has 0 saturated carbocycles. The highest BCUT2D eigenvalue weighted by molar-refractivity contribution is 7.89. The van der Waals surface area contributed by atoms with Crippen LogP contribution in [0.3, 0.4) is 0 Å². The largest absolute Gasteiger partial charge is 0.355 e. The van der Waals surface area contributed by atoms with E-state index in [0.29, 0.717) is 32.5 Å². The summed E-state index contributed by atoms with van der Waals surface area (Å²) >= 11 is 1.72. The Hall–Kier alpha value is -2.30. The van der Waals surface area contributed by atoms with Crippen molar-refractivity contribution in [2.24, 2.45) is 5.92 Å². The maximum absolute atomic E-state index is 13.1. The Morgan fingerprint density at radius 3 is 2.72 bits per heavy atom. The van der Waals surface area contributed by atoms with E-state index in [0.717, 1.165) is 18.6 Å². The van der Waals surface area contributed by atoms with Gasteiger partial charge in [0.1, 0.15) is 5.82 Å². The molecule has 2 aromatic rings. The smallest absolute Gasteiger partial charge is 0.243 e. The quantitative estimate of drug-likeness (QED) is 0.689. The van der Waals surface area contributed by atoms with Crippen LogP contribution in [0.4, 0.5) is 4.39 Å². The molecule has 1 unspecified atom stereocenters. The summed E-state index contributed by atoms with van der Waals surface area (Å²) in [7, 11) is -3.79. The molecule has 7 nitrogen and oxygen atoms in total. The predicted molar refractivity (Wildman–Crippen MR) is 119 cm³/mol. The van der Waals surface area contributed by atoms with Crippen LogP contribution in [0.1, 0.15) is 29.7 Å². The van der Waals surface area contributed by atoms with Crippen molar-refractivity contribution >= 4 is 33.2 Å². The number of sulfonamides is 1. The summed E-state index contributed by atoms with van der Waals surface area (Å²) in [4.78, 5) is 28.3. The van der Waals surface area contributed by atoms with E-state index in [4.69, 9.17) is 0 Å². The number of thiophene rings is 1. The van der Waals surface area contributed by atoms with Gasteiger partial charge in [0, 0.05) is 44.0 Å². The first kappa shape index (κ1) is 22.9. The van der Waals surface area contributed by atoms with Crippen LogP contribution in [0.2, 0.25) is 0 Å². The standard InChI is InChI=1S/C22H26FN3O4S2/c23-18-3-5-19(6-4-18)32(29,30)26-11-1-2-17(15-26)22(28)24-10-7-21(27)25-12-8-20-16(14-25)9-13-31-20/h3-6,9,13,17H,1-2,7-8,10-12,14-15H2,(H,24,28). The number of hydrogen-bond donors (Lipinski definition) is 1. The Kier molecular flexibility index (Phi) is 6.92. The average molecular weight is 480 g/mol. The number of amides is 2. The number of carbonyl (C=O) groups excluding carboxylic acids is 2. The maximum Gasteiger partial charge on any atom is 0.243 e. The molecular formula is C22H26FN3O4S2. The average Bonchev–Trinajstić information content (AvgIpc) is 3.27. The molecule has 1 atom stereocenters. The zero-order chi connectivity index (χ0) is 22.7. The molecule has 2 aliphatic rings. The molecule has 0 aliphatic carbocycles. The molecule has 1 aromatic carbocycles. The van der Waals surface area contributed by atoms with Crippen molar-refractivity contribution < 1.29 is 22.4 Å². The van der Waals surface area contributed by atoms with Crippen LogP contribution in [0.5, 0.6) is 0 Å². The van der Waals surface area contributed by atoms with Gasteiger partial charge in [-0.3, -0.25) is 9.59 Å². The fourth-order valence-electron chi connectivity index (χ4n) is 4.19. The number of fused-ring (bicyclic) bond motifs is 1. The zero-order valence-corrected chi connectivity index (χ0v) is 19.3. The minimum Gasteiger partial charge on any atom is -0.355 e. The molecule has 1 aromatic heterocycles. The van der Waals surface area contributed by atoms with Crippen LogP contribution in [-0.4, -0.2) is 55.6 Å². The number of nitrogens with one attached hydrogen (secondary N) is 1. The third-order valence-electron chi connectivity index (χ3n) is 6.00. The monoisotopic (exact) mass is 479 g/mol. The van der Waals surface area contributed by atoms with Crippen LogP contribution in [0, 0.1) is 11.7 Å². The predicted octanol–water partition coefficient (Wildman–Crippen LogP) is 2.38. The van der Waals surface area contributed by atoms with Gasteiger partial charge in [-0.15, -0.1) is 11.3 Å². The second-order valence-electron chi connectivity index (χ2n) is 8.13. The molecule has 3 heterocycles. The lowest BCUT2D eigenvalue weighted by Gasteiger charge is -2.31. The molecule has 4 rings (SSSR count). The normalized spacial score (nSPS) is 19.4. The first-order valence-corrected chi connectivity index (χ1v) is 13.0. The first-order valence-electron chi connectivity index (χ1n) is 10.7. The van der Waals surface area contributed by atoms with Gasteiger partial charge in [0.05, 0.1) is 10.8 Å². The first-order chi connectivity index (χ1) is 15.3. The molecule has 0 spiro atoms. The Morgan fingerprint density at radius 1 is 1.16 bits per heavy atom. The van der Waals surface area contributed by atoms with Gasteiger partial charge in [-0.25, -0.2) is 12.8 Å². The van der Waals surface area contributed by atoms with E-state index in [1.807, 2.05) is 10.3 Å². The molecule has 1 saturated heterocycles. The van der Waals surface area contributed by atoms with Crippen molar-refractivity contribution in [3.05, 3.63) is 52.0 Å². The fraction of sp³-hybridized carbons (Fsp3) is 0.455. The van der Waals surface area contributed by atoms with E-state index in [2.05, 4.69) is 11.4 Å². The lowest BCUT2D eigenvalue weighted by atomic mass is 9.99. The second kappa shape index (κ2) is 9.68. The number of nitrogens with zero attached hydrogens (tertiary/aromatic N) is 2. The summed E-state index contributed by atoms with van der Waals surface area (Å²) in [6.07, 6.45) is 2.23. The Balaban J connectivity index is 1.27. The molecule has 1 fully saturated rings. The van der Waals surface area contributed by atoms with Gasteiger partial charge in [0.25, 0.3) is 0 Å². The highest BCUT2D eigenvalue weighted by Gasteiger charge is 2.33. The van der Waals surface area contributed by atoms with Crippen molar-refractivity contribution in [3.8, 4) is 0 Å². The number of benzene rings is 1. The van der Waals surface area contributed by atoms with Crippen LogP contribution >= 0.6 is 11.3 Å². The van der Waals surface area contributed by atoms with Gasteiger partial charge in [0.2, 0.25) is 21.8 Å². The third kappa shape index (κ3) is 5.02. The summed E-state index contributed by atoms with van der Waals surface area (Å²) in [6, 6.07) is 6.74. The number of carbonyl (C=O) groups is 2. The van der Waals surface area contributed by atoms with E-state index in [1.165, 1.54) is 26.9 Å². The molecule has 0 radical (unpaired) electrons. The van der Waals surface area contributed by atoms with Gasteiger partial charge >= 0.3 is 0 Å². The van der Waals surface area contributed by atoms with E-state index in [1.54, 1.807) is 11.3 Å². The minimum atomic E-state index is -3.79. The molecule has 1 N–H and O–H groups in total. The highest BCUT2D eigenvalue weighted by Crippen LogP contribution is 2.25. The van der Waals surface area contributed by atoms with E-state index in [-0.39, 0.29) is 36.2 Å². The SMILES string of the molecule is O=C(NCCC(=O)N1CCc2sccc2C1)C1CCCN(S(=O)(=O)c2ccc(F)cc2)C1. The van der Waals surface area contributed by atoms with E-state index < -0.39 is 21.8 Å². The van der Waals surface area contributed by atoms with Gasteiger partial charge in [-0.1, -0.05) is 0 Å². The third-order valence-corrected chi connectivity index (χ3v) is 8.91.